The van der Waals surface area contributed by atoms with Crippen molar-refractivity contribution in [1.29, 1.82) is 0 Å². The molecule has 1 atom stereocenters. The summed E-state index contributed by atoms with van der Waals surface area (Å²) in [6.45, 7) is 1.85. The Hall–Kier alpha value is -3.89. The third-order valence-corrected chi connectivity index (χ3v) is 7.37. The summed E-state index contributed by atoms with van der Waals surface area (Å²) in [6, 6.07) is 19.7. The molecule has 5 aromatic rings. The van der Waals surface area contributed by atoms with Crippen molar-refractivity contribution >= 4 is 22.9 Å². The molecular formula is C27H19ClF3N3O3S. The molecule has 1 N–H and O–H groups in total. The van der Waals surface area contributed by atoms with E-state index >= 15 is 0 Å². The van der Waals surface area contributed by atoms with Crippen LogP contribution in [0.4, 0.5) is 13.2 Å². The summed E-state index contributed by atoms with van der Waals surface area (Å²) in [4.78, 5) is 19.2. The molecule has 0 spiro atoms. The number of nitrogens with zero attached hydrogens (tertiary/aromatic N) is 2. The van der Waals surface area contributed by atoms with Crippen LogP contribution in [-0.2, 0) is 12.6 Å². The van der Waals surface area contributed by atoms with Crippen LogP contribution in [0.3, 0.4) is 0 Å². The smallest absolute Gasteiger partial charge is 0.439 e. The van der Waals surface area contributed by atoms with Crippen molar-refractivity contribution < 1.29 is 22.4 Å². The number of ether oxygens (including phenoxy) is 1. The lowest BCUT2D eigenvalue weighted by atomic mass is 10.1. The van der Waals surface area contributed by atoms with Crippen molar-refractivity contribution in [3.05, 3.63) is 110 Å². The SMILES string of the molecule is Cc1nc(-c2ccc(C(F)(F)F)cc2)sc1C(Cc1ccccc1)Oc1ccc(-c2noc(=O)[nH]2)c(Cl)c1. The van der Waals surface area contributed by atoms with Crippen molar-refractivity contribution in [3.63, 3.8) is 0 Å². The van der Waals surface area contributed by atoms with Crippen LogP contribution >= 0.6 is 22.9 Å². The molecule has 0 bridgehead atoms. The van der Waals surface area contributed by atoms with Crippen LogP contribution in [0.15, 0.2) is 82.1 Å². The zero-order valence-electron chi connectivity index (χ0n) is 19.8. The highest BCUT2D eigenvalue weighted by Gasteiger charge is 2.30. The summed E-state index contributed by atoms with van der Waals surface area (Å²) in [6.07, 6.45) is -4.34. The number of rotatable bonds is 7. The first-order valence-electron chi connectivity index (χ1n) is 11.4. The summed E-state index contributed by atoms with van der Waals surface area (Å²) in [5.74, 6) is -0.00916. The highest BCUT2D eigenvalue weighted by Crippen LogP contribution is 2.38. The van der Waals surface area contributed by atoms with E-state index in [1.165, 1.54) is 23.5 Å². The largest absolute Gasteiger partial charge is 0.484 e. The number of hydrogen-bond acceptors (Lipinski definition) is 6. The highest BCUT2D eigenvalue weighted by atomic mass is 35.5. The molecule has 5 rings (SSSR count). The van der Waals surface area contributed by atoms with Crippen LogP contribution in [0.5, 0.6) is 5.75 Å². The van der Waals surface area contributed by atoms with Crippen LogP contribution < -0.4 is 10.5 Å². The molecular weight excluding hydrogens is 539 g/mol. The molecule has 0 aliphatic carbocycles. The second-order valence-corrected chi connectivity index (χ2v) is 9.86. The van der Waals surface area contributed by atoms with Crippen LogP contribution in [-0.4, -0.2) is 15.1 Å². The van der Waals surface area contributed by atoms with Crippen molar-refractivity contribution in [2.24, 2.45) is 0 Å². The molecule has 2 aromatic heterocycles. The van der Waals surface area contributed by atoms with E-state index < -0.39 is 23.6 Å². The van der Waals surface area contributed by atoms with Crippen molar-refractivity contribution in [2.75, 3.05) is 0 Å². The van der Waals surface area contributed by atoms with E-state index in [1.54, 1.807) is 18.2 Å². The van der Waals surface area contributed by atoms with Gasteiger partial charge in [0, 0.05) is 17.5 Å². The predicted octanol–water partition coefficient (Wildman–Crippen LogP) is 7.50. The topological polar surface area (TPSA) is 81.0 Å². The Morgan fingerprint density at radius 3 is 2.45 bits per heavy atom. The molecule has 3 aromatic carbocycles. The molecule has 0 saturated heterocycles. The summed E-state index contributed by atoms with van der Waals surface area (Å²) < 4.78 is 49.9. The molecule has 0 amide bonds. The maximum absolute atomic E-state index is 13.0. The van der Waals surface area contributed by atoms with E-state index in [1.807, 2.05) is 37.3 Å². The van der Waals surface area contributed by atoms with Gasteiger partial charge in [0.1, 0.15) is 16.9 Å². The van der Waals surface area contributed by atoms with Gasteiger partial charge in [-0.15, -0.1) is 11.3 Å². The Kier molecular flexibility index (Phi) is 7.09. The lowest BCUT2D eigenvalue weighted by Gasteiger charge is -2.19. The summed E-state index contributed by atoms with van der Waals surface area (Å²) in [7, 11) is 0. The molecule has 194 valence electrons. The van der Waals surface area contributed by atoms with Crippen LogP contribution in [0, 0.1) is 6.92 Å². The fourth-order valence-corrected chi connectivity index (χ4v) is 5.28. The van der Waals surface area contributed by atoms with E-state index in [2.05, 4.69) is 19.6 Å². The molecule has 2 heterocycles. The Balaban J connectivity index is 1.47. The Bertz CT molecular complexity index is 1610. The van der Waals surface area contributed by atoms with Gasteiger partial charge in [0.05, 0.1) is 21.2 Å². The second kappa shape index (κ2) is 10.5. The zero-order valence-corrected chi connectivity index (χ0v) is 21.3. The summed E-state index contributed by atoms with van der Waals surface area (Å²) >= 11 is 7.82. The zero-order chi connectivity index (χ0) is 26.9. The van der Waals surface area contributed by atoms with Crippen molar-refractivity contribution in [2.45, 2.75) is 25.6 Å². The van der Waals surface area contributed by atoms with Gasteiger partial charge >= 0.3 is 11.9 Å². The fourth-order valence-electron chi connectivity index (χ4n) is 3.92. The average Bonchev–Trinajstić information content (AvgIpc) is 3.49. The van der Waals surface area contributed by atoms with Gasteiger partial charge in [-0.05, 0) is 42.8 Å². The first-order valence-corrected chi connectivity index (χ1v) is 12.6. The van der Waals surface area contributed by atoms with Gasteiger partial charge in [-0.25, -0.2) is 9.78 Å². The standard InChI is InChI=1S/C27H19ClF3N3O3S/c1-15-23(38-25(32-15)17-7-9-18(10-8-17)27(29,30)31)22(13-16-5-3-2-4-6-16)36-19-11-12-20(21(28)14-19)24-33-26(35)37-34-24/h2-12,14,22H,13H2,1H3,(H,33,34,35). The molecule has 0 radical (unpaired) electrons. The third-order valence-electron chi connectivity index (χ3n) is 5.76. The van der Waals surface area contributed by atoms with E-state index in [0.717, 1.165) is 22.6 Å². The number of nitrogens with one attached hydrogen (secondary N) is 1. The highest BCUT2D eigenvalue weighted by molar-refractivity contribution is 7.15. The molecule has 0 aliphatic rings. The summed E-state index contributed by atoms with van der Waals surface area (Å²) in [5.41, 5.74) is 2.10. The number of alkyl halides is 3. The lowest BCUT2D eigenvalue weighted by Crippen LogP contribution is -2.11. The van der Waals surface area contributed by atoms with Gasteiger partial charge in [-0.2, -0.15) is 13.2 Å². The van der Waals surface area contributed by atoms with Crippen LogP contribution in [0.1, 0.15) is 27.8 Å². The minimum absolute atomic E-state index is 0.201. The third kappa shape index (κ3) is 5.66. The number of aromatic nitrogens is 3. The number of thiazole rings is 1. The predicted molar refractivity (Wildman–Crippen MR) is 138 cm³/mol. The number of hydrogen-bond donors (Lipinski definition) is 1. The molecule has 0 saturated carbocycles. The van der Waals surface area contributed by atoms with Crippen LogP contribution in [0.25, 0.3) is 22.0 Å². The van der Waals surface area contributed by atoms with E-state index in [4.69, 9.17) is 16.3 Å². The van der Waals surface area contributed by atoms with Gasteiger partial charge in [0.2, 0.25) is 0 Å². The minimum Gasteiger partial charge on any atom is -0.484 e. The van der Waals surface area contributed by atoms with Gasteiger partial charge in [-0.3, -0.25) is 9.51 Å². The number of halogens is 4. The molecule has 0 fully saturated rings. The number of benzene rings is 3. The Morgan fingerprint density at radius 2 is 1.82 bits per heavy atom. The van der Waals surface area contributed by atoms with E-state index in [0.29, 0.717) is 39.0 Å². The second-order valence-electron chi connectivity index (χ2n) is 8.43. The molecule has 0 aliphatic heterocycles. The Labute approximate surface area is 223 Å². The minimum atomic E-state index is -4.41. The van der Waals surface area contributed by atoms with Gasteiger partial charge in [0.25, 0.3) is 0 Å². The number of H-pyrrole nitrogens is 1. The maximum Gasteiger partial charge on any atom is 0.439 e. The van der Waals surface area contributed by atoms with Gasteiger partial charge < -0.3 is 4.74 Å². The first kappa shape index (κ1) is 25.7. The normalized spacial score (nSPS) is 12.4. The van der Waals surface area contributed by atoms with E-state index in [9.17, 15) is 18.0 Å². The molecule has 38 heavy (non-hydrogen) atoms. The molecule has 1 unspecified atom stereocenters. The average molecular weight is 558 g/mol. The van der Waals surface area contributed by atoms with Gasteiger partial charge in [0.15, 0.2) is 5.82 Å². The molecule has 6 nitrogen and oxygen atoms in total. The van der Waals surface area contributed by atoms with Crippen molar-refractivity contribution in [1.82, 2.24) is 15.1 Å². The Morgan fingerprint density at radius 1 is 1.08 bits per heavy atom. The van der Waals surface area contributed by atoms with Gasteiger partial charge in [-0.1, -0.05) is 59.2 Å². The summed E-state index contributed by atoms with van der Waals surface area (Å²) in [5, 5.41) is 4.56. The van der Waals surface area contributed by atoms with Crippen molar-refractivity contribution in [3.8, 4) is 27.7 Å². The lowest BCUT2D eigenvalue weighted by molar-refractivity contribution is -0.137. The number of aromatic amines is 1. The quantitative estimate of drug-likeness (QED) is 0.224. The van der Waals surface area contributed by atoms with Crippen LogP contribution in [0.2, 0.25) is 5.02 Å². The maximum atomic E-state index is 13.0. The van der Waals surface area contributed by atoms with E-state index in [-0.39, 0.29) is 5.82 Å². The fraction of sp³-hybridized carbons (Fsp3) is 0.148. The molecule has 11 heteroatoms. The number of aryl methyl sites for hydroxylation is 1. The monoisotopic (exact) mass is 557 g/mol. The first-order chi connectivity index (χ1) is 18.2.